The number of fused-ring (bicyclic) bond motifs is 1. The number of rotatable bonds is 4. The van der Waals surface area contributed by atoms with Crippen molar-refractivity contribution in [1.29, 1.82) is 0 Å². The third-order valence-electron chi connectivity index (χ3n) is 3.57. The molecule has 0 N–H and O–H groups in total. The summed E-state index contributed by atoms with van der Waals surface area (Å²) in [5.74, 6) is 0.281. The van der Waals surface area contributed by atoms with Gasteiger partial charge in [-0.2, -0.15) is 0 Å². The minimum Gasteiger partial charge on any atom is -0.455 e. The Morgan fingerprint density at radius 2 is 1.92 bits per heavy atom. The lowest BCUT2D eigenvalue weighted by atomic mass is 10.1. The largest absolute Gasteiger partial charge is 0.455 e. The third-order valence-corrected chi connectivity index (χ3v) is 4.58. The summed E-state index contributed by atoms with van der Waals surface area (Å²) in [6, 6.07) is 14.8. The Hall–Kier alpha value is -3.06. The Bertz CT molecular complexity index is 1020. The molecule has 0 aliphatic rings. The van der Waals surface area contributed by atoms with Crippen LogP contribution in [0.4, 0.5) is 0 Å². The van der Waals surface area contributed by atoms with Gasteiger partial charge in [-0.3, -0.25) is 0 Å². The molecule has 0 aliphatic heterocycles. The van der Waals surface area contributed by atoms with E-state index in [0.717, 1.165) is 15.2 Å². The second kappa shape index (κ2) is 6.45. The molecule has 25 heavy (non-hydrogen) atoms. The summed E-state index contributed by atoms with van der Waals surface area (Å²) in [5, 5.41) is 8.53. The van der Waals surface area contributed by atoms with Gasteiger partial charge in [0, 0.05) is 6.92 Å². The zero-order valence-corrected chi connectivity index (χ0v) is 14.1. The van der Waals surface area contributed by atoms with Crippen LogP contribution in [0.1, 0.15) is 21.3 Å². The van der Waals surface area contributed by atoms with E-state index in [4.69, 9.17) is 9.15 Å². The number of carbonyl (C=O) groups is 1. The molecule has 2 aromatic carbocycles. The van der Waals surface area contributed by atoms with Gasteiger partial charge < -0.3 is 9.15 Å². The van der Waals surface area contributed by atoms with E-state index in [1.807, 2.05) is 24.3 Å². The van der Waals surface area contributed by atoms with Crippen LogP contribution in [0.3, 0.4) is 0 Å². The molecule has 0 amide bonds. The molecule has 2 heterocycles. The molecule has 0 radical (unpaired) electrons. The Kier molecular flexibility index (Phi) is 3.99. The number of benzene rings is 2. The van der Waals surface area contributed by atoms with Gasteiger partial charge in [-0.15, -0.1) is 21.5 Å². The van der Waals surface area contributed by atoms with Gasteiger partial charge in [-0.25, -0.2) is 9.78 Å². The van der Waals surface area contributed by atoms with Crippen molar-refractivity contribution < 1.29 is 13.9 Å². The fraction of sp³-hybridized carbons (Fsp3) is 0.111. The molecule has 0 spiro atoms. The minimum atomic E-state index is -0.453. The highest BCUT2D eigenvalue weighted by Crippen LogP contribution is 2.25. The molecule has 4 rings (SSSR count). The fourth-order valence-corrected chi connectivity index (χ4v) is 3.32. The first-order valence-electron chi connectivity index (χ1n) is 7.62. The molecule has 0 saturated carbocycles. The number of carbonyl (C=O) groups excluding carboxylic acids is 1. The van der Waals surface area contributed by atoms with Gasteiger partial charge in [-0.1, -0.05) is 24.3 Å². The highest BCUT2D eigenvalue weighted by molar-refractivity contribution is 7.18. The van der Waals surface area contributed by atoms with Gasteiger partial charge in [0.05, 0.1) is 21.3 Å². The highest BCUT2D eigenvalue weighted by atomic mass is 32.1. The zero-order chi connectivity index (χ0) is 17.2. The number of nitrogens with zero attached hydrogens (tertiary/aromatic N) is 3. The molecule has 4 aromatic rings. The molecule has 0 bridgehead atoms. The van der Waals surface area contributed by atoms with Crippen LogP contribution in [0, 0.1) is 6.92 Å². The van der Waals surface area contributed by atoms with Gasteiger partial charge in [0.1, 0.15) is 11.6 Å². The van der Waals surface area contributed by atoms with Crippen molar-refractivity contribution in [2.24, 2.45) is 0 Å². The fourth-order valence-electron chi connectivity index (χ4n) is 2.44. The van der Waals surface area contributed by atoms with Crippen molar-refractivity contribution >= 4 is 27.5 Å². The van der Waals surface area contributed by atoms with Crippen LogP contribution in [0.2, 0.25) is 0 Å². The van der Waals surface area contributed by atoms with Crippen molar-refractivity contribution in [3.05, 3.63) is 65.0 Å². The second-order valence-corrected chi connectivity index (χ2v) is 6.44. The molecule has 0 atom stereocenters. The monoisotopic (exact) mass is 351 g/mol. The Labute approximate surface area is 147 Å². The van der Waals surface area contributed by atoms with Crippen molar-refractivity contribution in [3.8, 4) is 11.5 Å². The average Bonchev–Trinajstić information content (AvgIpc) is 3.25. The molecule has 0 aliphatic carbocycles. The average molecular weight is 351 g/mol. The lowest BCUT2D eigenvalue weighted by molar-refractivity contribution is 0.0473. The van der Waals surface area contributed by atoms with Gasteiger partial charge in [0.2, 0.25) is 11.8 Å². The minimum absolute atomic E-state index is 0.120. The summed E-state index contributed by atoms with van der Waals surface area (Å²) in [6.07, 6.45) is 0. The van der Waals surface area contributed by atoms with Gasteiger partial charge in [-0.05, 0) is 24.3 Å². The number of thiazole rings is 1. The number of hydrogen-bond acceptors (Lipinski definition) is 7. The number of hydrogen-bond donors (Lipinski definition) is 0. The Morgan fingerprint density at radius 1 is 1.12 bits per heavy atom. The van der Waals surface area contributed by atoms with E-state index in [1.165, 1.54) is 11.3 Å². The van der Waals surface area contributed by atoms with E-state index >= 15 is 0 Å². The van der Waals surface area contributed by atoms with Crippen LogP contribution in [0.15, 0.2) is 52.9 Å². The van der Waals surface area contributed by atoms with Crippen LogP contribution in [0.5, 0.6) is 0 Å². The maximum atomic E-state index is 12.5. The molecule has 0 unspecified atom stereocenters. The lowest BCUT2D eigenvalue weighted by Gasteiger charge is -2.06. The van der Waals surface area contributed by atoms with Crippen molar-refractivity contribution in [1.82, 2.24) is 15.2 Å². The van der Waals surface area contributed by atoms with Crippen molar-refractivity contribution in [2.45, 2.75) is 13.5 Å². The van der Waals surface area contributed by atoms with E-state index in [9.17, 15) is 4.79 Å². The summed E-state index contributed by atoms with van der Waals surface area (Å²) in [5.41, 5.74) is 1.84. The molecule has 7 heteroatoms. The smallest absolute Gasteiger partial charge is 0.339 e. The topological polar surface area (TPSA) is 78.1 Å². The van der Waals surface area contributed by atoms with Crippen LogP contribution in [0.25, 0.3) is 21.7 Å². The van der Waals surface area contributed by atoms with Crippen LogP contribution < -0.4 is 0 Å². The van der Waals surface area contributed by atoms with Crippen LogP contribution in [-0.2, 0) is 11.3 Å². The SMILES string of the molecule is Cc1nnc(-c2ccccc2C(=O)OCc2nc3ccccc3s2)o1. The second-order valence-electron chi connectivity index (χ2n) is 5.32. The maximum Gasteiger partial charge on any atom is 0.339 e. The number of para-hydroxylation sites is 1. The van der Waals surface area contributed by atoms with E-state index < -0.39 is 5.97 Å². The summed E-state index contributed by atoms with van der Waals surface area (Å²) in [6.45, 7) is 1.82. The highest BCUT2D eigenvalue weighted by Gasteiger charge is 2.18. The number of ether oxygens (including phenoxy) is 1. The summed E-state index contributed by atoms with van der Waals surface area (Å²) < 4.78 is 11.9. The molecule has 124 valence electrons. The van der Waals surface area contributed by atoms with Gasteiger partial charge in [0.15, 0.2) is 0 Å². The first-order valence-corrected chi connectivity index (χ1v) is 8.43. The van der Waals surface area contributed by atoms with E-state index in [2.05, 4.69) is 15.2 Å². The number of aromatic nitrogens is 3. The van der Waals surface area contributed by atoms with Crippen molar-refractivity contribution in [3.63, 3.8) is 0 Å². The summed E-state index contributed by atoms with van der Waals surface area (Å²) in [4.78, 5) is 17.0. The normalized spacial score (nSPS) is 10.9. The first-order chi connectivity index (χ1) is 12.2. The Morgan fingerprint density at radius 3 is 2.72 bits per heavy atom. The maximum absolute atomic E-state index is 12.5. The molecule has 2 aromatic heterocycles. The Balaban J connectivity index is 1.55. The van der Waals surface area contributed by atoms with Gasteiger partial charge in [0.25, 0.3) is 0 Å². The number of esters is 1. The standard InChI is InChI=1S/C18H13N3O3S/c1-11-20-21-17(24-11)12-6-2-3-7-13(12)18(22)23-10-16-19-14-8-4-5-9-15(14)25-16/h2-9H,10H2,1H3. The predicted molar refractivity (Wildman–Crippen MR) is 93.2 cm³/mol. The summed E-state index contributed by atoms with van der Waals surface area (Å²) in [7, 11) is 0. The zero-order valence-electron chi connectivity index (χ0n) is 13.3. The van der Waals surface area contributed by atoms with E-state index in [1.54, 1.807) is 31.2 Å². The van der Waals surface area contributed by atoms with Crippen LogP contribution >= 0.6 is 11.3 Å². The quantitative estimate of drug-likeness (QED) is 0.517. The summed E-state index contributed by atoms with van der Waals surface area (Å²) >= 11 is 1.51. The third kappa shape index (κ3) is 3.14. The molecule has 0 saturated heterocycles. The molecular formula is C18H13N3O3S. The van der Waals surface area contributed by atoms with Gasteiger partial charge >= 0.3 is 5.97 Å². The molecular weight excluding hydrogens is 338 g/mol. The van der Waals surface area contributed by atoms with E-state index in [-0.39, 0.29) is 6.61 Å². The predicted octanol–water partition coefficient (Wildman–Crippen LogP) is 4.01. The molecule has 0 fully saturated rings. The lowest BCUT2D eigenvalue weighted by Crippen LogP contribution is -2.07. The van der Waals surface area contributed by atoms with Crippen molar-refractivity contribution in [2.75, 3.05) is 0 Å². The van der Waals surface area contributed by atoms with E-state index in [0.29, 0.717) is 22.9 Å². The molecule has 6 nitrogen and oxygen atoms in total. The van der Waals surface area contributed by atoms with Crippen LogP contribution in [-0.4, -0.2) is 21.2 Å². The number of aryl methyl sites for hydroxylation is 1. The first kappa shape index (κ1) is 15.5.